The number of ether oxygens (including phenoxy) is 2. The van der Waals surface area contributed by atoms with Crippen molar-refractivity contribution in [1.29, 1.82) is 0 Å². The number of nitrogens with zero attached hydrogens (tertiary/aromatic N) is 1. The molecule has 1 heterocycles. The zero-order valence-corrected chi connectivity index (χ0v) is 18.6. The van der Waals surface area contributed by atoms with Gasteiger partial charge in [0, 0.05) is 11.3 Å². The first kappa shape index (κ1) is 21.5. The van der Waals surface area contributed by atoms with Gasteiger partial charge < -0.3 is 9.47 Å². The number of hydrogen-bond donors (Lipinski definition) is 0. The van der Waals surface area contributed by atoms with Crippen LogP contribution in [0.15, 0.2) is 109 Å². The van der Waals surface area contributed by atoms with E-state index in [1.165, 1.54) is 0 Å². The van der Waals surface area contributed by atoms with Crippen LogP contribution < -0.4 is 14.4 Å². The molecule has 0 saturated heterocycles. The van der Waals surface area contributed by atoms with Gasteiger partial charge in [0.15, 0.2) is 11.9 Å². The summed E-state index contributed by atoms with van der Waals surface area (Å²) in [6, 6.07) is 31.9. The molecule has 0 saturated carbocycles. The lowest BCUT2D eigenvalue weighted by molar-refractivity contribution is 0.0730. The first-order valence-electron chi connectivity index (χ1n) is 11.0. The predicted molar refractivity (Wildman–Crippen MR) is 131 cm³/mol. The predicted octanol–water partition coefficient (Wildman–Crippen LogP) is 5.73. The molecule has 0 spiro atoms. The van der Waals surface area contributed by atoms with E-state index in [0.29, 0.717) is 28.3 Å². The van der Waals surface area contributed by atoms with Crippen molar-refractivity contribution >= 4 is 17.4 Å². The van der Waals surface area contributed by atoms with Crippen LogP contribution in [-0.4, -0.2) is 24.8 Å². The van der Waals surface area contributed by atoms with Gasteiger partial charge in [0.2, 0.25) is 0 Å². The molecule has 5 rings (SSSR count). The summed E-state index contributed by atoms with van der Waals surface area (Å²) in [7, 11) is 1.60. The Labute approximate surface area is 198 Å². The van der Waals surface area contributed by atoms with Crippen molar-refractivity contribution in [2.75, 3.05) is 12.0 Å². The Morgan fingerprint density at radius 2 is 1.41 bits per heavy atom. The summed E-state index contributed by atoms with van der Waals surface area (Å²) in [4.78, 5) is 29.4. The number of carbonyl (C=O) groups is 2. The van der Waals surface area contributed by atoms with E-state index in [1.807, 2.05) is 78.9 Å². The number of anilines is 1. The Kier molecular flexibility index (Phi) is 5.83. The molecule has 34 heavy (non-hydrogen) atoms. The Hall–Kier alpha value is -4.38. The topological polar surface area (TPSA) is 55.8 Å². The highest BCUT2D eigenvalue weighted by atomic mass is 16.5. The van der Waals surface area contributed by atoms with Gasteiger partial charge in [0.1, 0.15) is 17.5 Å². The SMILES string of the molecule is COc1ccc(C2Oc3ccccc3C(=O)C2N(C(=O)c2ccccc2)c2ccccc2)cc1. The number of rotatable bonds is 5. The van der Waals surface area contributed by atoms with Crippen LogP contribution >= 0.6 is 0 Å². The normalized spacial score (nSPS) is 16.8. The number of methoxy groups -OCH3 is 1. The molecule has 0 fully saturated rings. The molecule has 0 radical (unpaired) electrons. The standard InChI is InChI=1S/C29H23NO4/c1-33-23-18-16-20(17-19-23)28-26(27(31)24-14-8-9-15-25(24)34-28)30(22-12-6-3-7-13-22)29(32)21-10-4-2-5-11-21/h2-19,26,28H,1H3. The summed E-state index contributed by atoms with van der Waals surface area (Å²) in [6.07, 6.45) is -0.707. The van der Waals surface area contributed by atoms with E-state index in [-0.39, 0.29) is 11.7 Å². The molecule has 5 heteroatoms. The van der Waals surface area contributed by atoms with E-state index in [9.17, 15) is 9.59 Å². The maximum atomic E-state index is 14.0. The number of para-hydroxylation sites is 2. The molecule has 1 aliphatic rings. The molecule has 1 amide bonds. The first-order valence-corrected chi connectivity index (χ1v) is 11.0. The highest BCUT2D eigenvalue weighted by Gasteiger charge is 2.44. The number of amides is 1. The number of ketones is 1. The van der Waals surface area contributed by atoms with Gasteiger partial charge in [0.25, 0.3) is 5.91 Å². The van der Waals surface area contributed by atoms with Gasteiger partial charge in [-0.15, -0.1) is 0 Å². The van der Waals surface area contributed by atoms with Crippen LogP contribution in [0.5, 0.6) is 11.5 Å². The summed E-state index contributed by atoms with van der Waals surface area (Å²) in [5.74, 6) is 0.760. The van der Waals surface area contributed by atoms with Crippen LogP contribution in [0.1, 0.15) is 32.4 Å². The summed E-state index contributed by atoms with van der Waals surface area (Å²) in [5, 5.41) is 0. The van der Waals surface area contributed by atoms with Crippen LogP contribution in [0.4, 0.5) is 5.69 Å². The van der Waals surface area contributed by atoms with E-state index >= 15 is 0 Å². The Morgan fingerprint density at radius 3 is 2.09 bits per heavy atom. The summed E-state index contributed by atoms with van der Waals surface area (Å²) in [6.45, 7) is 0. The van der Waals surface area contributed by atoms with Crippen molar-refractivity contribution in [2.24, 2.45) is 0 Å². The Bertz CT molecular complexity index is 1300. The number of hydrogen-bond acceptors (Lipinski definition) is 4. The highest BCUT2D eigenvalue weighted by molar-refractivity contribution is 6.14. The van der Waals surface area contributed by atoms with Crippen LogP contribution in [0.3, 0.4) is 0 Å². The van der Waals surface area contributed by atoms with Gasteiger partial charge in [-0.1, -0.05) is 60.7 Å². The van der Waals surface area contributed by atoms with Gasteiger partial charge >= 0.3 is 0 Å². The van der Waals surface area contributed by atoms with Crippen LogP contribution in [0.2, 0.25) is 0 Å². The van der Waals surface area contributed by atoms with Crippen molar-refractivity contribution in [3.05, 3.63) is 126 Å². The average molecular weight is 450 g/mol. The molecular formula is C29H23NO4. The molecular weight excluding hydrogens is 426 g/mol. The van der Waals surface area contributed by atoms with Gasteiger partial charge in [-0.3, -0.25) is 14.5 Å². The lowest BCUT2D eigenvalue weighted by Gasteiger charge is -2.39. The van der Waals surface area contributed by atoms with Crippen LogP contribution in [0, 0.1) is 0 Å². The third-order valence-electron chi connectivity index (χ3n) is 5.96. The summed E-state index contributed by atoms with van der Waals surface area (Å²) in [5.41, 5.74) is 2.34. The fourth-order valence-corrected chi connectivity index (χ4v) is 4.28. The molecule has 2 unspecified atom stereocenters. The maximum absolute atomic E-state index is 14.0. The van der Waals surface area contributed by atoms with Gasteiger partial charge in [-0.05, 0) is 54.1 Å². The minimum Gasteiger partial charge on any atom is -0.497 e. The second-order valence-corrected chi connectivity index (χ2v) is 7.99. The molecule has 4 aromatic rings. The third kappa shape index (κ3) is 3.92. The molecule has 4 aromatic carbocycles. The molecule has 5 nitrogen and oxygen atoms in total. The molecule has 1 aliphatic heterocycles. The zero-order chi connectivity index (χ0) is 23.5. The minimum atomic E-state index is -0.904. The lowest BCUT2D eigenvalue weighted by Crippen LogP contribution is -2.52. The second-order valence-electron chi connectivity index (χ2n) is 7.99. The van der Waals surface area contributed by atoms with E-state index in [2.05, 4.69) is 0 Å². The fourth-order valence-electron chi connectivity index (χ4n) is 4.28. The smallest absolute Gasteiger partial charge is 0.259 e. The molecule has 0 aliphatic carbocycles. The summed E-state index contributed by atoms with van der Waals surface area (Å²) >= 11 is 0. The first-order chi connectivity index (χ1) is 16.7. The summed E-state index contributed by atoms with van der Waals surface area (Å²) < 4.78 is 11.7. The largest absolute Gasteiger partial charge is 0.497 e. The molecule has 0 aromatic heterocycles. The maximum Gasteiger partial charge on any atom is 0.259 e. The monoisotopic (exact) mass is 449 g/mol. The molecule has 0 bridgehead atoms. The van der Waals surface area contributed by atoms with E-state index in [1.54, 1.807) is 42.3 Å². The molecule has 168 valence electrons. The quantitative estimate of drug-likeness (QED) is 0.391. The van der Waals surface area contributed by atoms with E-state index in [0.717, 1.165) is 5.56 Å². The number of fused-ring (bicyclic) bond motifs is 1. The second kappa shape index (κ2) is 9.24. The highest BCUT2D eigenvalue weighted by Crippen LogP contribution is 2.40. The Balaban J connectivity index is 1.68. The minimum absolute atomic E-state index is 0.171. The number of benzene rings is 4. The zero-order valence-electron chi connectivity index (χ0n) is 18.6. The molecule has 2 atom stereocenters. The van der Waals surface area contributed by atoms with E-state index < -0.39 is 12.1 Å². The average Bonchev–Trinajstić information content (AvgIpc) is 2.91. The van der Waals surface area contributed by atoms with Crippen molar-refractivity contribution in [1.82, 2.24) is 0 Å². The fraction of sp³-hybridized carbons (Fsp3) is 0.103. The van der Waals surface area contributed by atoms with Crippen LogP contribution in [0.25, 0.3) is 0 Å². The van der Waals surface area contributed by atoms with Crippen molar-refractivity contribution in [3.8, 4) is 11.5 Å². The van der Waals surface area contributed by atoms with Crippen molar-refractivity contribution < 1.29 is 19.1 Å². The van der Waals surface area contributed by atoms with Crippen molar-refractivity contribution in [3.63, 3.8) is 0 Å². The van der Waals surface area contributed by atoms with Gasteiger partial charge in [-0.2, -0.15) is 0 Å². The van der Waals surface area contributed by atoms with Gasteiger partial charge in [-0.25, -0.2) is 0 Å². The number of carbonyl (C=O) groups excluding carboxylic acids is 2. The van der Waals surface area contributed by atoms with Gasteiger partial charge in [0.05, 0.1) is 12.7 Å². The lowest BCUT2D eigenvalue weighted by atomic mass is 9.89. The van der Waals surface area contributed by atoms with E-state index in [4.69, 9.17) is 9.47 Å². The van der Waals surface area contributed by atoms with Crippen molar-refractivity contribution in [2.45, 2.75) is 12.1 Å². The number of Topliss-reactive ketones (excluding diaryl/α,β-unsaturated/α-hetero) is 1. The third-order valence-corrected chi connectivity index (χ3v) is 5.96. The van der Waals surface area contributed by atoms with Crippen LogP contribution in [-0.2, 0) is 0 Å². The molecule has 0 N–H and O–H groups in total. The Morgan fingerprint density at radius 1 is 0.794 bits per heavy atom.